The fourth-order valence-corrected chi connectivity index (χ4v) is 2.47. The normalized spacial score (nSPS) is 18.2. The van der Waals surface area contributed by atoms with E-state index in [2.05, 4.69) is 24.0 Å². The SMILES string of the molecule is [CH2]CN1CCC(c2ccc(N)c(OC)c2)CC1. The molecule has 1 aliphatic rings. The van der Waals surface area contributed by atoms with Gasteiger partial charge in [0.2, 0.25) is 0 Å². The molecular formula is C14H21N2O. The molecule has 0 aliphatic carbocycles. The van der Waals surface area contributed by atoms with Gasteiger partial charge in [0.15, 0.2) is 0 Å². The average molecular weight is 233 g/mol. The van der Waals surface area contributed by atoms with Gasteiger partial charge in [-0.15, -0.1) is 0 Å². The number of nitrogens with zero attached hydrogens (tertiary/aromatic N) is 1. The molecule has 0 saturated carbocycles. The number of rotatable bonds is 3. The second kappa shape index (κ2) is 5.41. The van der Waals surface area contributed by atoms with Crippen molar-refractivity contribution in [1.82, 2.24) is 4.90 Å². The van der Waals surface area contributed by atoms with Crippen LogP contribution in [0.2, 0.25) is 0 Å². The Hall–Kier alpha value is -1.22. The zero-order valence-electron chi connectivity index (χ0n) is 10.5. The molecule has 3 heteroatoms. The summed E-state index contributed by atoms with van der Waals surface area (Å²) < 4.78 is 5.27. The number of nitrogen functional groups attached to an aromatic ring is 1. The number of hydrogen-bond donors (Lipinski definition) is 1. The molecule has 0 bridgehead atoms. The van der Waals surface area contributed by atoms with Gasteiger partial charge in [-0.3, -0.25) is 0 Å². The molecule has 93 valence electrons. The summed E-state index contributed by atoms with van der Waals surface area (Å²) >= 11 is 0. The van der Waals surface area contributed by atoms with Crippen LogP contribution in [0.4, 0.5) is 5.69 Å². The van der Waals surface area contributed by atoms with Crippen LogP contribution in [0.1, 0.15) is 24.3 Å². The Morgan fingerprint density at radius 3 is 2.71 bits per heavy atom. The van der Waals surface area contributed by atoms with Crippen LogP contribution in [0, 0.1) is 6.92 Å². The molecule has 1 heterocycles. The molecule has 0 atom stereocenters. The first kappa shape index (κ1) is 12.2. The standard InChI is InChI=1S/C14H21N2O/c1-3-16-8-6-11(7-9-16)12-4-5-13(15)14(10-12)17-2/h4-5,10-11H,1,3,6-9,15H2,2H3. The Morgan fingerprint density at radius 2 is 2.12 bits per heavy atom. The Balaban J connectivity index is 2.08. The van der Waals surface area contributed by atoms with Crippen LogP contribution in [0.5, 0.6) is 5.75 Å². The van der Waals surface area contributed by atoms with Gasteiger partial charge in [0, 0.05) is 0 Å². The largest absolute Gasteiger partial charge is 0.495 e. The first-order valence-corrected chi connectivity index (χ1v) is 6.19. The molecule has 1 radical (unpaired) electrons. The molecule has 1 saturated heterocycles. The van der Waals surface area contributed by atoms with Crippen LogP contribution in [0.3, 0.4) is 0 Å². The number of methoxy groups -OCH3 is 1. The van der Waals surface area contributed by atoms with Gasteiger partial charge < -0.3 is 15.4 Å². The minimum atomic E-state index is 0.632. The lowest BCUT2D eigenvalue weighted by atomic mass is 9.89. The molecule has 1 aromatic carbocycles. The first-order chi connectivity index (χ1) is 8.24. The topological polar surface area (TPSA) is 38.5 Å². The lowest BCUT2D eigenvalue weighted by molar-refractivity contribution is 0.231. The van der Waals surface area contributed by atoms with E-state index in [0.717, 1.165) is 25.4 Å². The maximum Gasteiger partial charge on any atom is 0.142 e. The average Bonchev–Trinajstić information content (AvgIpc) is 2.39. The van der Waals surface area contributed by atoms with Crippen molar-refractivity contribution in [2.45, 2.75) is 18.8 Å². The molecule has 17 heavy (non-hydrogen) atoms. The summed E-state index contributed by atoms with van der Waals surface area (Å²) in [7, 11) is 1.67. The summed E-state index contributed by atoms with van der Waals surface area (Å²) in [6.07, 6.45) is 2.39. The van der Waals surface area contributed by atoms with E-state index in [-0.39, 0.29) is 0 Å². The number of nitrogens with two attached hydrogens (primary N) is 1. The van der Waals surface area contributed by atoms with Crippen molar-refractivity contribution in [1.29, 1.82) is 0 Å². The predicted molar refractivity (Wildman–Crippen MR) is 71.2 cm³/mol. The Kier molecular flexibility index (Phi) is 3.89. The van der Waals surface area contributed by atoms with Crippen LogP contribution in [0.15, 0.2) is 18.2 Å². The lowest BCUT2D eigenvalue weighted by Gasteiger charge is -2.31. The number of piperidine rings is 1. The second-order valence-corrected chi connectivity index (χ2v) is 4.62. The van der Waals surface area contributed by atoms with Crippen molar-refractivity contribution in [3.05, 3.63) is 30.7 Å². The van der Waals surface area contributed by atoms with Gasteiger partial charge in [-0.05, 0) is 63.0 Å². The predicted octanol–water partition coefficient (Wildman–Crippen LogP) is 2.29. The highest BCUT2D eigenvalue weighted by Gasteiger charge is 2.20. The van der Waals surface area contributed by atoms with Gasteiger partial charge >= 0.3 is 0 Å². The second-order valence-electron chi connectivity index (χ2n) is 4.62. The van der Waals surface area contributed by atoms with Crippen LogP contribution < -0.4 is 10.5 Å². The molecule has 0 spiro atoms. The molecule has 0 amide bonds. The summed E-state index contributed by atoms with van der Waals surface area (Å²) in [5.41, 5.74) is 7.89. The van der Waals surface area contributed by atoms with Crippen LogP contribution in [-0.4, -0.2) is 31.6 Å². The van der Waals surface area contributed by atoms with Gasteiger partial charge in [0.1, 0.15) is 5.75 Å². The van der Waals surface area contributed by atoms with Crippen molar-refractivity contribution < 1.29 is 4.74 Å². The highest BCUT2D eigenvalue weighted by Crippen LogP contribution is 2.32. The number of ether oxygens (including phenoxy) is 1. The van der Waals surface area contributed by atoms with E-state index >= 15 is 0 Å². The highest BCUT2D eigenvalue weighted by atomic mass is 16.5. The minimum absolute atomic E-state index is 0.632. The van der Waals surface area contributed by atoms with Crippen LogP contribution >= 0.6 is 0 Å². The van der Waals surface area contributed by atoms with Crippen LogP contribution in [-0.2, 0) is 0 Å². The van der Waals surface area contributed by atoms with E-state index < -0.39 is 0 Å². The molecule has 3 nitrogen and oxygen atoms in total. The highest BCUT2D eigenvalue weighted by molar-refractivity contribution is 5.54. The summed E-state index contributed by atoms with van der Waals surface area (Å²) in [5, 5.41) is 0. The number of likely N-dealkylation sites (tertiary alicyclic amines) is 1. The summed E-state index contributed by atoms with van der Waals surface area (Å²) in [6, 6.07) is 6.16. The maximum absolute atomic E-state index is 5.83. The zero-order chi connectivity index (χ0) is 12.3. The smallest absolute Gasteiger partial charge is 0.142 e. The number of benzene rings is 1. The van der Waals surface area contributed by atoms with E-state index in [1.807, 2.05) is 6.07 Å². The molecule has 1 aromatic rings. The first-order valence-electron chi connectivity index (χ1n) is 6.19. The fraction of sp³-hybridized carbons (Fsp3) is 0.500. The van der Waals surface area contributed by atoms with Crippen molar-refractivity contribution in [3.8, 4) is 5.75 Å². The van der Waals surface area contributed by atoms with Gasteiger partial charge in [-0.25, -0.2) is 0 Å². The van der Waals surface area contributed by atoms with Crippen molar-refractivity contribution in [3.63, 3.8) is 0 Å². The van der Waals surface area contributed by atoms with Crippen LogP contribution in [0.25, 0.3) is 0 Å². The van der Waals surface area contributed by atoms with Crippen molar-refractivity contribution >= 4 is 5.69 Å². The third-order valence-electron chi connectivity index (χ3n) is 3.63. The van der Waals surface area contributed by atoms with Gasteiger partial charge in [0.25, 0.3) is 0 Å². The van der Waals surface area contributed by atoms with Crippen molar-refractivity contribution in [2.24, 2.45) is 0 Å². The van der Waals surface area contributed by atoms with E-state index in [0.29, 0.717) is 11.6 Å². The molecule has 2 N–H and O–H groups in total. The molecule has 0 unspecified atom stereocenters. The number of anilines is 1. The quantitative estimate of drug-likeness (QED) is 0.814. The molecule has 2 rings (SSSR count). The van der Waals surface area contributed by atoms with E-state index in [9.17, 15) is 0 Å². The molecule has 0 aromatic heterocycles. The van der Waals surface area contributed by atoms with Gasteiger partial charge in [-0.2, -0.15) is 0 Å². The minimum Gasteiger partial charge on any atom is -0.495 e. The van der Waals surface area contributed by atoms with Crippen molar-refractivity contribution in [2.75, 3.05) is 32.5 Å². The van der Waals surface area contributed by atoms with E-state index in [1.54, 1.807) is 7.11 Å². The van der Waals surface area contributed by atoms with E-state index in [1.165, 1.54) is 18.4 Å². The Labute approximate surface area is 104 Å². The summed E-state index contributed by atoms with van der Waals surface area (Å²) in [4.78, 5) is 2.39. The molecule has 1 fully saturated rings. The Bertz CT molecular complexity index is 370. The molecule has 1 aliphatic heterocycles. The summed E-state index contributed by atoms with van der Waals surface area (Å²) in [5.74, 6) is 1.43. The Morgan fingerprint density at radius 1 is 1.41 bits per heavy atom. The molecular weight excluding hydrogens is 212 g/mol. The number of hydrogen-bond acceptors (Lipinski definition) is 3. The fourth-order valence-electron chi connectivity index (χ4n) is 2.47. The van der Waals surface area contributed by atoms with Gasteiger partial charge in [-0.1, -0.05) is 6.07 Å². The van der Waals surface area contributed by atoms with Gasteiger partial charge in [0.05, 0.1) is 12.8 Å². The monoisotopic (exact) mass is 233 g/mol. The maximum atomic E-state index is 5.83. The van der Waals surface area contributed by atoms with E-state index in [4.69, 9.17) is 10.5 Å². The zero-order valence-corrected chi connectivity index (χ0v) is 10.5. The third kappa shape index (κ3) is 2.72. The third-order valence-corrected chi connectivity index (χ3v) is 3.63. The lowest BCUT2D eigenvalue weighted by Crippen LogP contribution is -2.32. The summed E-state index contributed by atoms with van der Waals surface area (Å²) in [6.45, 7) is 7.13.